The van der Waals surface area contributed by atoms with Crippen molar-refractivity contribution in [3.63, 3.8) is 0 Å². The van der Waals surface area contributed by atoms with Gasteiger partial charge in [-0.05, 0) is 0 Å². The standard InChI is InChI=1S/C26H24BrN2O6P/c1-26(2,3)35-36(20-13-11-19(12-14-20)28(30)31,21-15-16-24(29(32)33)23(27)17-21)34-25-10-6-8-18-7-4-5-9-22(18)25/h4-17,36H,1-3H3. The van der Waals surface area contributed by atoms with E-state index >= 15 is 0 Å². The number of hydrogen-bond donors (Lipinski definition) is 0. The average molecular weight is 571 g/mol. The third-order valence-electron chi connectivity index (χ3n) is 5.44. The van der Waals surface area contributed by atoms with E-state index in [2.05, 4.69) is 15.9 Å². The van der Waals surface area contributed by atoms with Crippen LogP contribution in [0.15, 0.2) is 89.4 Å². The number of rotatable bonds is 7. The van der Waals surface area contributed by atoms with Gasteiger partial charge < -0.3 is 0 Å². The summed E-state index contributed by atoms with van der Waals surface area (Å²) in [7, 11) is -3.66. The maximum atomic E-state index is 11.5. The fraction of sp³-hybridized carbons (Fsp3) is 0.154. The first-order valence-electron chi connectivity index (χ1n) is 11.1. The van der Waals surface area contributed by atoms with Crippen molar-refractivity contribution in [2.45, 2.75) is 26.4 Å². The minimum atomic E-state index is -3.66. The molecule has 4 aromatic rings. The number of hydrogen-bond acceptors (Lipinski definition) is 6. The molecule has 0 aliphatic rings. The average Bonchev–Trinajstić information content (AvgIpc) is 2.82. The third-order valence-corrected chi connectivity index (χ3v) is 9.64. The van der Waals surface area contributed by atoms with Gasteiger partial charge in [-0.25, -0.2) is 0 Å². The minimum absolute atomic E-state index is 0.0625. The van der Waals surface area contributed by atoms with E-state index in [0.717, 1.165) is 10.8 Å². The van der Waals surface area contributed by atoms with E-state index in [0.29, 0.717) is 16.4 Å². The maximum absolute atomic E-state index is 11.5. The van der Waals surface area contributed by atoms with Gasteiger partial charge in [-0.3, -0.25) is 0 Å². The second kappa shape index (κ2) is 9.93. The first-order chi connectivity index (χ1) is 17.0. The van der Waals surface area contributed by atoms with Gasteiger partial charge in [-0.2, -0.15) is 0 Å². The molecule has 186 valence electrons. The van der Waals surface area contributed by atoms with Crippen LogP contribution in [0.25, 0.3) is 10.8 Å². The summed E-state index contributed by atoms with van der Waals surface area (Å²) in [4.78, 5) is 21.9. The third kappa shape index (κ3) is 5.23. The van der Waals surface area contributed by atoms with Crippen LogP contribution in [0.4, 0.5) is 11.4 Å². The van der Waals surface area contributed by atoms with Crippen LogP contribution in [-0.4, -0.2) is 15.4 Å². The Morgan fingerprint density at radius 3 is 2.06 bits per heavy atom. The summed E-state index contributed by atoms with van der Waals surface area (Å²) in [5.41, 5.74) is -0.842. The van der Waals surface area contributed by atoms with E-state index in [1.165, 1.54) is 18.2 Å². The first kappa shape index (κ1) is 25.7. The normalized spacial score (nSPS) is 12.3. The molecule has 0 radical (unpaired) electrons. The van der Waals surface area contributed by atoms with Crippen LogP contribution in [0.5, 0.6) is 5.75 Å². The molecule has 0 aliphatic heterocycles. The second-order valence-electron chi connectivity index (χ2n) is 9.14. The number of halogens is 1. The molecule has 0 heterocycles. The Balaban J connectivity index is 2.01. The van der Waals surface area contributed by atoms with Gasteiger partial charge in [0.2, 0.25) is 0 Å². The Bertz CT molecular complexity index is 1450. The fourth-order valence-electron chi connectivity index (χ4n) is 3.96. The van der Waals surface area contributed by atoms with Crippen LogP contribution in [0.3, 0.4) is 0 Å². The van der Waals surface area contributed by atoms with Gasteiger partial charge in [0.1, 0.15) is 0 Å². The van der Waals surface area contributed by atoms with E-state index in [-0.39, 0.29) is 15.8 Å². The molecule has 0 aromatic heterocycles. The molecular formula is C26H24BrN2O6P. The van der Waals surface area contributed by atoms with Crippen LogP contribution in [0, 0.1) is 20.2 Å². The van der Waals surface area contributed by atoms with E-state index in [1.807, 2.05) is 63.2 Å². The van der Waals surface area contributed by atoms with Crippen molar-refractivity contribution >= 4 is 56.4 Å². The predicted octanol–water partition coefficient (Wildman–Crippen LogP) is 6.84. The Kier molecular flexibility index (Phi) is 7.09. The van der Waals surface area contributed by atoms with Crippen LogP contribution >= 0.6 is 23.6 Å². The summed E-state index contributed by atoms with van der Waals surface area (Å²) in [5, 5.41) is 25.9. The predicted molar refractivity (Wildman–Crippen MR) is 147 cm³/mol. The monoisotopic (exact) mass is 570 g/mol. The number of benzene rings is 4. The fourth-order valence-corrected chi connectivity index (χ4v) is 8.13. The Morgan fingerprint density at radius 1 is 0.806 bits per heavy atom. The van der Waals surface area contributed by atoms with E-state index in [9.17, 15) is 20.2 Å². The second-order valence-corrected chi connectivity index (χ2v) is 12.8. The number of nitro benzene ring substituents is 2. The number of fused-ring (bicyclic) bond motifs is 1. The topological polar surface area (TPSA) is 105 Å². The van der Waals surface area contributed by atoms with Crippen molar-refractivity contribution in [3.8, 4) is 5.75 Å². The van der Waals surface area contributed by atoms with Crippen molar-refractivity contribution in [2.75, 3.05) is 0 Å². The molecule has 0 saturated heterocycles. The molecule has 4 aromatic carbocycles. The van der Waals surface area contributed by atoms with Gasteiger partial charge in [-0.15, -0.1) is 0 Å². The van der Waals surface area contributed by atoms with Gasteiger partial charge >= 0.3 is 217 Å². The molecule has 10 heteroatoms. The summed E-state index contributed by atoms with van der Waals surface area (Å²) >= 11 is 3.33. The summed E-state index contributed by atoms with van der Waals surface area (Å²) in [6.45, 7) is 5.69. The van der Waals surface area contributed by atoms with Crippen molar-refractivity contribution in [1.29, 1.82) is 0 Å². The molecule has 0 atom stereocenters. The quantitative estimate of drug-likeness (QED) is 0.137. The molecule has 0 saturated carbocycles. The van der Waals surface area contributed by atoms with Crippen molar-refractivity contribution in [2.24, 2.45) is 0 Å². The van der Waals surface area contributed by atoms with Gasteiger partial charge in [-0.1, -0.05) is 0 Å². The molecule has 0 fully saturated rings. The van der Waals surface area contributed by atoms with Crippen LogP contribution < -0.4 is 15.1 Å². The van der Waals surface area contributed by atoms with Crippen LogP contribution in [-0.2, 0) is 4.52 Å². The molecular weight excluding hydrogens is 547 g/mol. The number of nitro groups is 2. The van der Waals surface area contributed by atoms with E-state index in [4.69, 9.17) is 9.05 Å². The molecule has 0 spiro atoms. The summed E-state index contributed by atoms with van der Waals surface area (Å²) in [5.74, 6) is 0.580. The zero-order chi connectivity index (χ0) is 26.1. The number of nitrogens with zero attached hydrogens (tertiary/aromatic N) is 2. The molecule has 0 amide bonds. The van der Waals surface area contributed by atoms with Crippen molar-refractivity contribution in [1.82, 2.24) is 0 Å². The van der Waals surface area contributed by atoms with Gasteiger partial charge in [0.05, 0.1) is 0 Å². The zero-order valence-electron chi connectivity index (χ0n) is 19.8. The first-order valence-corrected chi connectivity index (χ1v) is 13.7. The van der Waals surface area contributed by atoms with E-state index < -0.39 is 23.2 Å². The molecule has 0 aliphatic carbocycles. The van der Waals surface area contributed by atoms with Crippen molar-refractivity contribution < 1.29 is 18.9 Å². The Labute approximate surface area is 216 Å². The van der Waals surface area contributed by atoms with Gasteiger partial charge in [0.25, 0.3) is 0 Å². The Morgan fingerprint density at radius 2 is 1.44 bits per heavy atom. The molecule has 36 heavy (non-hydrogen) atoms. The zero-order valence-corrected chi connectivity index (χ0v) is 22.4. The molecule has 4 rings (SSSR count). The molecule has 0 bridgehead atoms. The van der Waals surface area contributed by atoms with Gasteiger partial charge in [0.15, 0.2) is 0 Å². The summed E-state index contributed by atoms with van der Waals surface area (Å²) < 4.78 is 13.9. The van der Waals surface area contributed by atoms with Crippen molar-refractivity contribution in [3.05, 3.63) is 110 Å². The number of non-ortho nitro benzene ring substituents is 1. The summed E-state index contributed by atoms with van der Waals surface area (Å²) in [6.07, 6.45) is 0. The molecule has 0 unspecified atom stereocenters. The van der Waals surface area contributed by atoms with Crippen LogP contribution in [0.2, 0.25) is 0 Å². The van der Waals surface area contributed by atoms with Crippen LogP contribution in [0.1, 0.15) is 20.8 Å². The molecule has 0 N–H and O–H groups in total. The molecule has 8 nitrogen and oxygen atoms in total. The van der Waals surface area contributed by atoms with E-state index in [1.54, 1.807) is 24.3 Å². The summed E-state index contributed by atoms with van der Waals surface area (Å²) in [6, 6.07) is 24.3. The SMILES string of the molecule is CC(C)(C)O[PH](Oc1cccc2ccccc12)(c1ccc([N+](=O)[O-])cc1)c1ccc([N+](=O)[O-])c(Br)c1. The Hall–Kier alpha value is -3.39. The van der Waals surface area contributed by atoms with Gasteiger partial charge in [0, 0.05) is 0 Å².